The molecule has 1 heterocycles. The molecule has 0 unspecified atom stereocenters. The van der Waals surface area contributed by atoms with Crippen molar-refractivity contribution in [3.8, 4) is 11.5 Å². The van der Waals surface area contributed by atoms with Crippen LogP contribution in [0, 0.1) is 0 Å². The van der Waals surface area contributed by atoms with Gasteiger partial charge < -0.3 is 9.47 Å². The smallest absolute Gasteiger partial charge is 0.231 e. The molecule has 5 nitrogen and oxygen atoms in total. The van der Waals surface area contributed by atoms with E-state index < -0.39 is 0 Å². The lowest BCUT2D eigenvalue weighted by Gasteiger charge is -2.06. The number of hydroxylamine groups is 2. The molecule has 0 spiro atoms. The van der Waals surface area contributed by atoms with Crippen LogP contribution in [0.5, 0.6) is 11.5 Å². The van der Waals surface area contributed by atoms with Crippen LogP contribution in [0.3, 0.4) is 0 Å². The van der Waals surface area contributed by atoms with Crippen molar-refractivity contribution in [3.63, 3.8) is 0 Å². The lowest BCUT2D eigenvalue weighted by Crippen LogP contribution is -2.16. The van der Waals surface area contributed by atoms with Gasteiger partial charge >= 0.3 is 0 Å². The fraction of sp³-hybridized carbons (Fsp3) is 0.333. The van der Waals surface area contributed by atoms with Crippen LogP contribution in [0.2, 0.25) is 0 Å². The molecular formula is C9H11NO4. The minimum absolute atomic E-state index is 0.166. The van der Waals surface area contributed by atoms with Gasteiger partial charge in [-0.25, -0.2) is 0 Å². The summed E-state index contributed by atoms with van der Waals surface area (Å²) in [4.78, 5) is 0. The second-order valence-corrected chi connectivity index (χ2v) is 3.03. The summed E-state index contributed by atoms with van der Waals surface area (Å²) in [7, 11) is 0. The Morgan fingerprint density at radius 3 is 2.79 bits per heavy atom. The van der Waals surface area contributed by atoms with E-state index in [0.717, 1.165) is 11.3 Å². The van der Waals surface area contributed by atoms with Crippen molar-refractivity contribution in [3.05, 3.63) is 23.8 Å². The SMILES string of the molecule is ON(O)CCc1ccc2c(c1)OCO2. The van der Waals surface area contributed by atoms with E-state index in [0.29, 0.717) is 12.2 Å². The van der Waals surface area contributed by atoms with E-state index in [4.69, 9.17) is 19.9 Å². The van der Waals surface area contributed by atoms with E-state index in [1.807, 2.05) is 18.2 Å². The Kier molecular flexibility index (Phi) is 2.53. The molecule has 0 atom stereocenters. The van der Waals surface area contributed by atoms with Gasteiger partial charge in [-0.3, -0.25) is 10.4 Å². The van der Waals surface area contributed by atoms with Crippen LogP contribution in [0.1, 0.15) is 5.56 Å². The number of rotatable bonds is 3. The highest BCUT2D eigenvalue weighted by Crippen LogP contribution is 2.32. The predicted molar refractivity (Wildman–Crippen MR) is 46.5 cm³/mol. The fourth-order valence-corrected chi connectivity index (χ4v) is 1.33. The lowest BCUT2D eigenvalue weighted by molar-refractivity contribution is -0.305. The van der Waals surface area contributed by atoms with E-state index in [-0.39, 0.29) is 18.6 Å². The quantitative estimate of drug-likeness (QED) is 0.709. The normalized spacial score (nSPS) is 13.6. The Balaban J connectivity index is 2.05. The van der Waals surface area contributed by atoms with Crippen molar-refractivity contribution in [1.29, 1.82) is 0 Å². The van der Waals surface area contributed by atoms with Crippen molar-refractivity contribution < 1.29 is 19.9 Å². The zero-order valence-corrected chi connectivity index (χ0v) is 7.51. The monoisotopic (exact) mass is 197 g/mol. The molecule has 0 aliphatic carbocycles. The summed E-state index contributed by atoms with van der Waals surface area (Å²) in [6.45, 7) is 0.421. The van der Waals surface area contributed by atoms with Crippen LogP contribution in [0.25, 0.3) is 0 Å². The zero-order chi connectivity index (χ0) is 9.97. The van der Waals surface area contributed by atoms with Crippen LogP contribution in [-0.4, -0.2) is 29.0 Å². The summed E-state index contributed by atoms with van der Waals surface area (Å²) >= 11 is 0. The first-order chi connectivity index (χ1) is 6.75. The number of hydrogen-bond acceptors (Lipinski definition) is 5. The molecule has 1 aliphatic heterocycles. The average Bonchev–Trinajstić information content (AvgIpc) is 2.61. The maximum Gasteiger partial charge on any atom is 0.231 e. The minimum atomic E-state index is 0.166. The molecule has 5 heteroatoms. The molecule has 1 aliphatic rings. The first-order valence-electron chi connectivity index (χ1n) is 4.29. The standard InChI is InChI=1S/C9H11NO4/c11-10(12)4-3-7-1-2-8-9(5-7)14-6-13-8/h1-2,5,11-12H,3-4,6H2. The van der Waals surface area contributed by atoms with Crippen LogP contribution >= 0.6 is 0 Å². The molecule has 0 saturated carbocycles. The van der Waals surface area contributed by atoms with Gasteiger partial charge in [0.25, 0.3) is 0 Å². The van der Waals surface area contributed by atoms with Crippen LogP contribution in [0.4, 0.5) is 0 Å². The molecule has 0 aromatic heterocycles. The molecule has 2 N–H and O–H groups in total. The number of fused-ring (bicyclic) bond motifs is 1. The Morgan fingerprint density at radius 2 is 2.00 bits per heavy atom. The third kappa shape index (κ3) is 1.95. The van der Waals surface area contributed by atoms with Crippen LogP contribution in [0.15, 0.2) is 18.2 Å². The van der Waals surface area contributed by atoms with Crippen molar-refractivity contribution in [2.24, 2.45) is 0 Å². The van der Waals surface area contributed by atoms with Gasteiger partial charge in [0.15, 0.2) is 11.5 Å². The summed E-state index contributed by atoms with van der Waals surface area (Å²) in [5, 5.41) is 17.3. The topological polar surface area (TPSA) is 62.2 Å². The highest BCUT2D eigenvalue weighted by molar-refractivity contribution is 5.44. The molecule has 1 aromatic carbocycles. The van der Waals surface area contributed by atoms with E-state index in [2.05, 4.69) is 0 Å². The van der Waals surface area contributed by atoms with Gasteiger partial charge in [-0.1, -0.05) is 11.3 Å². The van der Waals surface area contributed by atoms with E-state index >= 15 is 0 Å². The van der Waals surface area contributed by atoms with Gasteiger partial charge in [-0.2, -0.15) is 0 Å². The highest BCUT2D eigenvalue weighted by Gasteiger charge is 2.12. The summed E-state index contributed by atoms with van der Waals surface area (Å²) < 4.78 is 10.3. The fourth-order valence-electron chi connectivity index (χ4n) is 1.33. The van der Waals surface area contributed by atoms with Gasteiger partial charge in [0.1, 0.15) is 0 Å². The Hall–Kier alpha value is -1.30. The molecule has 0 bridgehead atoms. The van der Waals surface area contributed by atoms with Crippen molar-refractivity contribution in [2.75, 3.05) is 13.3 Å². The van der Waals surface area contributed by atoms with Gasteiger partial charge in [0.2, 0.25) is 6.79 Å². The Labute approximate surface area is 81.0 Å². The van der Waals surface area contributed by atoms with Crippen LogP contribution in [-0.2, 0) is 6.42 Å². The predicted octanol–water partition coefficient (Wildman–Crippen LogP) is 1.04. The number of hydrogen-bond donors (Lipinski definition) is 2. The summed E-state index contributed by atoms with van der Waals surface area (Å²) in [6.07, 6.45) is 0.545. The molecule has 76 valence electrons. The summed E-state index contributed by atoms with van der Waals surface area (Å²) in [6, 6.07) is 5.53. The van der Waals surface area contributed by atoms with Gasteiger partial charge in [0.05, 0.1) is 6.54 Å². The van der Waals surface area contributed by atoms with Gasteiger partial charge in [-0.05, 0) is 24.1 Å². The highest BCUT2D eigenvalue weighted by atomic mass is 16.8. The number of ether oxygens (including phenoxy) is 2. The minimum Gasteiger partial charge on any atom is -0.454 e. The first-order valence-corrected chi connectivity index (χ1v) is 4.29. The molecule has 0 amide bonds. The molecular weight excluding hydrogens is 186 g/mol. The Bertz CT molecular complexity index is 327. The van der Waals surface area contributed by atoms with E-state index in [9.17, 15) is 0 Å². The molecule has 1 aromatic rings. The largest absolute Gasteiger partial charge is 0.454 e. The summed E-state index contributed by atoms with van der Waals surface area (Å²) in [5.74, 6) is 1.45. The van der Waals surface area contributed by atoms with Gasteiger partial charge in [0, 0.05) is 0 Å². The first kappa shape index (κ1) is 9.26. The molecule has 0 saturated heterocycles. The van der Waals surface area contributed by atoms with E-state index in [1.165, 1.54) is 0 Å². The van der Waals surface area contributed by atoms with E-state index in [1.54, 1.807) is 0 Å². The molecule has 14 heavy (non-hydrogen) atoms. The lowest BCUT2D eigenvalue weighted by atomic mass is 10.1. The van der Waals surface area contributed by atoms with Crippen molar-refractivity contribution >= 4 is 0 Å². The Morgan fingerprint density at radius 1 is 1.21 bits per heavy atom. The maximum atomic E-state index is 8.54. The third-order valence-electron chi connectivity index (χ3n) is 2.04. The summed E-state index contributed by atoms with van der Waals surface area (Å²) in [5.41, 5.74) is 0.974. The molecule has 2 rings (SSSR count). The zero-order valence-electron chi connectivity index (χ0n) is 7.51. The van der Waals surface area contributed by atoms with Crippen molar-refractivity contribution in [2.45, 2.75) is 6.42 Å². The molecule has 0 radical (unpaired) electrons. The number of nitrogens with zero attached hydrogens (tertiary/aromatic N) is 1. The third-order valence-corrected chi connectivity index (χ3v) is 2.04. The van der Waals surface area contributed by atoms with Crippen LogP contribution < -0.4 is 9.47 Å². The second kappa shape index (κ2) is 3.83. The second-order valence-electron chi connectivity index (χ2n) is 3.03. The van der Waals surface area contributed by atoms with Gasteiger partial charge in [-0.15, -0.1) is 0 Å². The van der Waals surface area contributed by atoms with Crippen molar-refractivity contribution in [1.82, 2.24) is 5.23 Å². The molecule has 0 fully saturated rings. The number of benzene rings is 1. The average molecular weight is 197 g/mol. The maximum absolute atomic E-state index is 8.54.